The van der Waals surface area contributed by atoms with Crippen molar-refractivity contribution < 1.29 is 17.7 Å². The number of H-pyrrole nitrogens is 1. The molecule has 0 saturated heterocycles. The summed E-state index contributed by atoms with van der Waals surface area (Å²) in [6.07, 6.45) is -0.198. The molecule has 32 heavy (non-hydrogen) atoms. The van der Waals surface area contributed by atoms with Gasteiger partial charge in [-0.2, -0.15) is 18.4 Å². The van der Waals surface area contributed by atoms with Crippen LogP contribution in [0, 0.1) is 11.3 Å². The second-order valence-corrected chi connectivity index (χ2v) is 11.6. The Kier molecular flexibility index (Phi) is 5.51. The van der Waals surface area contributed by atoms with Crippen molar-refractivity contribution in [1.29, 1.82) is 5.26 Å². The fourth-order valence-electron chi connectivity index (χ4n) is 4.22. The number of nitrogens with zero attached hydrogens (tertiary/aromatic N) is 3. The number of aromatic nitrogens is 3. The largest absolute Gasteiger partial charge is 0.419 e. The summed E-state index contributed by atoms with van der Waals surface area (Å²) >= 11 is 0. The fourth-order valence-corrected chi connectivity index (χ4v) is 5.65. The molecule has 1 aromatic carbocycles. The van der Waals surface area contributed by atoms with Crippen LogP contribution in [0.3, 0.4) is 0 Å². The van der Waals surface area contributed by atoms with E-state index < -0.39 is 18.9 Å². The van der Waals surface area contributed by atoms with Crippen LogP contribution in [0.25, 0.3) is 22.2 Å². The monoisotopic (exact) mass is 462 g/mol. The number of fused-ring (bicyclic) bond motifs is 1. The maximum atomic E-state index is 13.8. The maximum Gasteiger partial charge on any atom is 0.419 e. The number of nitrogens with one attached hydrogen (secondary N) is 2. The Hall–Kier alpha value is -2.89. The van der Waals surface area contributed by atoms with Gasteiger partial charge in [0.25, 0.3) is 0 Å². The van der Waals surface area contributed by atoms with Crippen LogP contribution >= 0.6 is 7.14 Å². The highest BCUT2D eigenvalue weighted by Crippen LogP contribution is 2.43. The third-order valence-corrected chi connectivity index (χ3v) is 7.19. The van der Waals surface area contributed by atoms with Gasteiger partial charge in [-0.3, -0.25) is 0 Å². The molecule has 1 saturated carbocycles. The lowest BCUT2D eigenvalue weighted by Gasteiger charge is -2.16. The molecule has 7 nitrogen and oxygen atoms in total. The van der Waals surface area contributed by atoms with Gasteiger partial charge in [0.05, 0.1) is 28.1 Å². The van der Waals surface area contributed by atoms with E-state index in [9.17, 15) is 23.0 Å². The van der Waals surface area contributed by atoms with Crippen molar-refractivity contribution in [3.8, 4) is 17.3 Å². The van der Waals surface area contributed by atoms with Gasteiger partial charge in [-0.15, -0.1) is 0 Å². The van der Waals surface area contributed by atoms with Gasteiger partial charge in [0.2, 0.25) is 5.95 Å². The SMILES string of the molecule is CP(C)(=O)c1c(C#N)ccc2c(-c3nc(N[C@H]4CC[C@H](N)C4)ncc3C(F)(F)F)c[nH]c12. The molecule has 0 spiro atoms. The van der Waals surface area contributed by atoms with Crippen molar-refractivity contribution >= 4 is 29.3 Å². The summed E-state index contributed by atoms with van der Waals surface area (Å²) in [5.41, 5.74) is 5.44. The summed E-state index contributed by atoms with van der Waals surface area (Å²) in [5.74, 6) is 0.0898. The van der Waals surface area contributed by atoms with E-state index in [0.29, 0.717) is 22.6 Å². The molecule has 4 N–H and O–H groups in total. The summed E-state index contributed by atoms with van der Waals surface area (Å²) in [6, 6.07) is 5.07. The number of nitrogens with two attached hydrogens (primary N) is 1. The number of hydrogen-bond donors (Lipinski definition) is 3. The lowest BCUT2D eigenvalue weighted by atomic mass is 10.0. The smallest absolute Gasteiger partial charge is 0.360 e. The molecule has 3 aromatic rings. The number of halogens is 3. The van der Waals surface area contributed by atoms with Crippen molar-refractivity contribution in [2.75, 3.05) is 18.6 Å². The second-order valence-electron chi connectivity index (χ2n) is 8.42. The molecule has 2 heterocycles. The Bertz CT molecular complexity index is 1270. The summed E-state index contributed by atoms with van der Waals surface area (Å²) in [5, 5.41) is 13.2. The van der Waals surface area contributed by atoms with Crippen LogP contribution in [0.4, 0.5) is 19.1 Å². The number of aromatic amines is 1. The zero-order valence-corrected chi connectivity index (χ0v) is 18.4. The molecule has 2 aromatic heterocycles. The van der Waals surface area contributed by atoms with Crippen LogP contribution in [0.5, 0.6) is 0 Å². The van der Waals surface area contributed by atoms with Crippen molar-refractivity contribution in [3.63, 3.8) is 0 Å². The number of alkyl halides is 3. The Morgan fingerprint density at radius 2 is 2.06 bits per heavy atom. The molecular weight excluding hydrogens is 440 g/mol. The topological polar surface area (TPSA) is 120 Å². The van der Waals surface area contributed by atoms with Crippen LogP contribution in [0.1, 0.15) is 30.4 Å². The Morgan fingerprint density at radius 1 is 1.31 bits per heavy atom. The quantitative estimate of drug-likeness (QED) is 0.503. The van der Waals surface area contributed by atoms with Gasteiger partial charge in [-0.05, 0) is 38.7 Å². The Labute approximate surface area is 182 Å². The van der Waals surface area contributed by atoms with Gasteiger partial charge in [0.1, 0.15) is 12.7 Å². The number of nitriles is 1. The van der Waals surface area contributed by atoms with Gasteiger partial charge in [-0.1, -0.05) is 6.07 Å². The lowest BCUT2D eigenvalue weighted by Crippen LogP contribution is -2.22. The predicted molar refractivity (Wildman–Crippen MR) is 117 cm³/mol. The summed E-state index contributed by atoms with van der Waals surface area (Å²) in [7, 11) is -2.91. The highest BCUT2D eigenvalue weighted by atomic mass is 31.2. The third kappa shape index (κ3) is 4.10. The number of anilines is 1. The summed E-state index contributed by atoms with van der Waals surface area (Å²) in [4.78, 5) is 11.0. The zero-order chi connectivity index (χ0) is 23.3. The molecule has 0 unspecified atom stereocenters. The van der Waals surface area contributed by atoms with Gasteiger partial charge < -0.3 is 20.6 Å². The minimum absolute atomic E-state index is 0.00610. The van der Waals surface area contributed by atoms with Gasteiger partial charge >= 0.3 is 6.18 Å². The Balaban J connectivity index is 1.89. The summed E-state index contributed by atoms with van der Waals surface area (Å²) in [6.45, 7) is 3.03. The highest BCUT2D eigenvalue weighted by Gasteiger charge is 2.36. The number of benzene rings is 1. The van der Waals surface area contributed by atoms with Crippen LogP contribution in [0.15, 0.2) is 24.5 Å². The molecule has 0 aliphatic heterocycles. The van der Waals surface area contributed by atoms with Crippen LogP contribution in [0.2, 0.25) is 0 Å². The summed E-state index contributed by atoms with van der Waals surface area (Å²) < 4.78 is 54.3. The third-order valence-electron chi connectivity index (χ3n) is 5.64. The normalized spacial score (nSPS) is 19.3. The maximum absolute atomic E-state index is 13.8. The van der Waals surface area contributed by atoms with E-state index in [2.05, 4.69) is 20.3 Å². The molecule has 11 heteroatoms. The van der Waals surface area contributed by atoms with E-state index in [-0.39, 0.29) is 34.9 Å². The van der Waals surface area contributed by atoms with Crippen molar-refractivity contribution in [3.05, 3.63) is 35.7 Å². The van der Waals surface area contributed by atoms with Gasteiger partial charge in [-0.25, -0.2) is 9.97 Å². The van der Waals surface area contributed by atoms with Gasteiger partial charge in [0.15, 0.2) is 0 Å². The van der Waals surface area contributed by atoms with Crippen LogP contribution < -0.4 is 16.4 Å². The molecule has 4 rings (SSSR count). The average molecular weight is 462 g/mol. The molecule has 168 valence electrons. The molecule has 1 aliphatic rings. The molecule has 0 amide bonds. The van der Waals surface area contributed by atoms with Gasteiger partial charge in [0, 0.05) is 35.4 Å². The first-order valence-corrected chi connectivity index (χ1v) is 12.7. The molecule has 2 atom stereocenters. The van der Waals surface area contributed by atoms with E-state index in [1.165, 1.54) is 25.6 Å². The van der Waals surface area contributed by atoms with E-state index in [1.54, 1.807) is 6.07 Å². The Morgan fingerprint density at radius 3 is 2.66 bits per heavy atom. The van der Waals surface area contributed by atoms with Crippen LogP contribution in [-0.4, -0.2) is 40.4 Å². The lowest BCUT2D eigenvalue weighted by molar-refractivity contribution is -0.137. The van der Waals surface area contributed by atoms with E-state index in [4.69, 9.17) is 5.73 Å². The van der Waals surface area contributed by atoms with Crippen molar-refractivity contribution in [2.24, 2.45) is 5.73 Å². The van der Waals surface area contributed by atoms with E-state index >= 15 is 0 Å². The molecule has 1 fully saturated rings. The second kappa shape index (κ2) is 7.91. The van der Waals surface area contributed by atoms with E-state index in [0.717, 1.165) is 19.0 Å². The van der Waals surface area contributed by atoms with E-state index in [1.807, 2.05) is 6.07 Å². The minimum atomic E-state index is -4.67. The first-order valence-electron chi connectivity index (χ1n) is 10.1. The standard InChI is InChI=1S/C21H22F3N6OP/c1-32(2,31)19-11(8-25)3-6-14-15(9-27-18(14)19)17-16(21(22,23)24)10-28-20(30-17)29-13-5-4-12(26)7-13/h3,6,9-10,12-13,27H,4-5,7,26H2,1-2H3,(H,28,29,30)/t12-,13-/m0/s1. The highest BCUT2D eigenvalue weighted by molar-refractivity contribution is 7.70. The number of rotatable bonds is 4. The first kappa shape index (κ1) is 22.3. The van der Waals surface area contributed by atoms with Crippen LogP contribution in [-0.2, 0) is 10.7 Å². The number of hydrogen-bond acceptors (Lipinski definition) is 6. The average Bonchev–Trinajstić information content (AvgIpc) is 3.31. The van der Waals surface area contributed by atoms with Crippen molar-refractivity contribution in [2.45, 2.75) is 37.5 Å². The molecule has 0 bridgehead atoms. The minimum Gasteiger partial charge on any atom is -0.360 e. The first-order chi connectivity index (χ1) is 15.0. The molecular formula is C21H22F3N6OP. The molecule has 0 radical (unpaired) electrons. The zero-order valence-electron chi connectivity index (χ0n) is 17.5. The predicted octanol–water partition coefficient (Wildman–Crippen LogP) is 4.06. The fraction of sp³-hybridized carbons (Fsp3) is 0.381. The van der Waals surface area contributed by atoms with Crippen molar-refractivity contribution in [1.82, 2.24) is 15.0 Å². The molecule has 1 aliphatic carbocycles.